The highest BCUT2D eigenvalue weighted by Crippen LogP contribution is 2.35. The molecule has 4 nitrogen and oxygen atoms in total. The summed E-state index contributed by atoms with van der Waals surface area (Å²) < 4.78 is 7.11. The van der Waals surface area contributed by atoms with Gasteiger partial charge >= 0.3 is 5.63 Å². The molecule has 0 unspecified atom stereocenters. The van der Waals surface area contributed by atoms with Crippen molar-refractivity contribution in [3.05, 3.63) is 70.6 Å². The first-order valence-corrected chi connectivity index (χ1v) is 7.71. The summed E-state index contributed by atoms with van der Waals surface area (Å²) in [6.45, 7) is 3.48. The Balaban J connectivity index is 2.28. The highest BCUT2D eigenvalue weighted by molar-refractivity contribution is 6.14. The van der Waals surface area contributed by atoms with Gasteiger partial charge in [0.2, 0.25) is 5.91 Å². The molecule has 0 atom stereocenters. The van der Waals surface area contributed by atoms with E-state index in [2.05, 4.69) is 0 Å². The lowest BCUT2D eigenvalue weighted by Gasteiger charge is -2.07. The molecule has 0 aliphatic carbocycles. The summed E-state index contributed by atoms with van der Waals surface area (Å²) in [6.07, 6.45) is 0. The summed E-state index contributed by atoms with van der Waals surface area (Å²) in [4.78, 5) is 24.5. The van der Waals surface area contributed by atoms with Gasteiger partial charge in [-0.25, -0.2) is 4.79 Å². The largest absolute Gasteiger partial charge is 0.420 e. The van der Waals surface area contributed by atoms with Crippen LogP contribution < -0.4 is 5.63 Å². The third kappa shape index (κ3) is 2.07. The molecule has 0 spiro atoms. The molecular weight excluding hydrogens is 302 g/mol. The molecule has 4 rings (SSSR count). The molecule has 4 heteroatoms. The number of carbonyl (C=O) groups is 1. The topological polar surface area (TPSA) is 52.2 Å². The first kappa shape index (κ1) is 14.5. The van der Waals surface area contributed by atoms with Crippen LogP contribution in [0.5, 0.6) is 0 Å². The third-order valence-corrected chi connectivity index (χ3v) is 4.20. The summed E-state index contributed by atoms with van der Waals surface area (Å²) in [5.74, 6) is -0.120. The van der Waals surface area contributed by atoms with Gasteiger partial charge in [-0.2, -0.15) is 0 Å². The first-order chi connectivity index (χ1) is 11.6. The van der Waals surface area contributed by atoms with Crippen molar-refractivity contribution in [1.29, 1.82) is 0 Å². The Bertz CT molecular complexity index is 1150. The van der Waals surface area contributed by atoms with Crippen LogP contribution in [0.2, 0.25) is 0 Å². The second-order valence-corrected chi connectivity index (χ2v) is 5.90. The number of hydrogen-bond donors (Lipinski definition) is 0. The summed E-state index contributed by atoms with van der Waals surface area (Å²) in [5, 5.41) is 0.773. The quantitative estimate of drug-likeness (QED) is 0.523. The number of aryl methyl sites for hydroxylation is 1. The van der Waals surface area contributed by atoms with Crippen molar-refractivity contribution in [2.24, 2.45) is 0 Å². The van der Waals surface area contributed by atoms with Gasteiger partial charge in [-0.05, 0) is 24.6 Å². The molecule has 0 saturated heterocycles. The van der Waals surface area contributed by atoms with Gasteiger partial charge in [0.15, 0.2) is 5.58 Å². The Kier molecular flexibility index (Phi) is 3.13. The predicted octanol–water partition coefficient (Wildman–Crippen LogP) is 4.38. The standard InChI is InChI=1S/C20H15NO3/c1-12-8-9-17-16(10-12)20-19(21(17)13(2)22)15(11-18(23)24-20)14-6-4-3-5-7-14/h3-11H,1-2H3. The van der Waals surface area contributed by atoms with E-state index in [4.69, 9.17) is 4.42 Å². The molecule has 2 aromatic carbocycles. The van der Waals surface area contributed by atoms with Crippen molar-refractivity contribution in [3.8, 4) is 11.1 Å². The lowest BCUT2D eigenvalue weighted by atomic mass is 10.1. The molecule has 2 aromatic heterocycles. The SMILES string of the molecule is CC(=O)n1c2ccc(C)cc2c2oc(=O)cc(-c3ccccc3)c21. The normalized spacial score (nSPS) is 11.2. The number of benzene rings is 2. The number of aromatic nitrogens is 1. The van der Waals surface area contributed by atoms with Crippen molar-refractivity contribution < 1.29 is 9.21 Å². The number of nitrogens with zero attached hydrogens (tertiary/aromatic N) is 1. The van der Waals surface area contributed by atoms with Crippen LogP contribution in [0.1, 0.15) is 17.3 Å². The van der Waals surface area contributed by atoms with E-state index < -0.39 is 5.63 Å². The second-order valence-electron chi connectivity index (χ2n) is 5.90. The lowest BCUT2D eigenvalue weighted by molar-refractivity contribution is 0.0946. The van der Waals surface area contributed by atoms with E-state index in [1.165, 1.54) is 13.0 Å². The van der Waals surface area contributed by atoms with Crippen molar-refractivity contribution in [2.75, 3.05) is 0 Å². The molecule has 0 saturated carbocycles. The van der Waals surface area contributed by atoms with E-state index in [-0.39, 0.29) is 5.91 Å². The predicted molar refractivity (Wildman–Crippen MR) is 94.5 cm³/mol. The third-order valence-electron chi connectivity index (χ3n) is 4.20. The number of hydrogen-bond acceptors (Lipinski definition) is 3. The fraction of sp³-hybridized carbons (Fsp3) is 0.100. The van der Waals surface area contributed by atoms with Crippen LogP contribution in [-0.2, 0) is 0 Å². The minimum Gasteiger partial charge on any atom is -0.420 e. The Morgan fingerprint density at radius 3 is 2.50 bits per heavy atom. The van der Waals surface area contributed by atoms with Crippen molar-refractivity contribution in [1.82, 2.24) is 4.57 Å². The number of carbonyl (C=O) groups excluding carboxylic acids is 1. The van der Waals surface area contributed by atoms with Crippen LogP contribution in [0.4, 0.5) is 0 Å². The molecule has 0 aliphatic heterocycles. The van der Waals surface area contributed by atoms with E-state index >= 15 is 0 Å². The van der Waals surface area contributed by atoms with Crippen LogP contribution in [0.3, 0.4) is 0 Å². The molecule has 118 valence electrons. The zero-order chi connectivity index (χ0) is 16.8. The van der Waals surface area contributed by atoms with Crippen LogP contribution in [0.25, 0.3) is 33.1 Å². The summed E-state index contributed by atoms with van der Waals surface area (Å²) in [7, 11) is 0. The zero-order valence-electron chi connectivity index (χ0n) is 13.4. The lowest BCUT2D eigenvalue weighted by Crippen LogP contribution is -2.07. The van der Waals surface area contributed by atoms with Gasteiger partial charge in [0.25, 0.3) is 0 Å². The fourth-order valence-corrected chi connectivity index (χ4v) is 3.20. The summed E-state index contributed by atoms with van der Waals surface area (Å²) in [5.41, 5.74) is 4.02. The van der Waals surface area contributed by atoms with Gasteiger partial charge < -0.3 is 4.42 Å². The maximum absolute atomic E-state index is 12.3. The molecule has 24 heavy (non-hydrogen) atoms. The van der Waals surface area contributed by atoms with E-state index in [1.54, 1.807) is 4.57 Å². The monoisotopic (exact) mass is 317 g/mol. The Morgan fingerprint density at radius 2 is 1.79 bits per heavy atom. The molecular formula is C20H15NO3. The zero-order valence-corrected chi connectivity index (χ0v) is 13.4. The number of fused-ring (bicyclic) bond motifs is 3. The van der Waals surface area contributed by atoms with Gasteiger partial charge in [0, 0.05) is 23.9 Å². The molecule has 0 fully saturated rings. The fourth-order valence-electron chi connectivity index (χ4n) is 3.20. The minimum absolute atomic E-state index is 0.120. The minimum atomic E-state index is -0.425. The molecule has 0 radical (unpaired) electrons. The van der Waals surface area contributed by atoms with E-state index in [1.807, 2.05) is 55.5 Å². The van der Waals surface area contributed by atoms with E-state index in [9.17, 15) is 9.59 Å². The smallest absolute Gasteiger partial charge is 0.336 e. The average molecular weight is 317 g/mol. The summed E-state index contributed by atoms with van der Waals surface area (Å²) >= 11 is 0. The van der Waals surface area contributed by atoms with Crippen LogP contribution >= 0.6 is 0 Å². The molecule has 0 bridgehead atoms. The Labute approximate surface area is 137 Å². The highest BCUT2D eigenvalue weighted by Gasteiger charge is 2.20. The van der Waals surface area contributed by atoms with Crippen molar-refractivity contribution in [2.45, 2.75) is 13.8 Å². The second kappa shape index (κ2) is 5.20. The Morgan fingerprint density at radius 1 is 1.04 bits per heavy atom. The maximum atomic E-state index is 12.3. The van der Waals surface area contributed by atoms with Gasteiger partial charge in [-0.1, -0.05) is 42.0 Å². The highest BCUT2D eigenvalue weighted by atomic mass is 16.4. The van der Waals surface area contributed by atoms with Crippen LogP contribution in [0, 0.1) is 6.92 Å². The van der Waals surface area contributed by atoms with Crippen molar-refractivity contribution in [3.63, 3.8) is 0 Å². The molecule has 0 N–H and O–H groups in total. The molecule has 4 aromatic rings. The maximum Gasteiger partial charge on any atom is 0.336 e. The van der Waals surface area contributed by atoms with Gasteiger partial charge in [0.05, 0.1) is 5.52 Å². The molecule has 0 aliphatic rings. The van der Waals surface area contributed by atoms with Gasteiger partial charge in [0.1, 0.15) is 5.52 Å². The molecule has 0 amide bonds. The van der Waals surface area contributed by atoms with Crippen molar-refractivity contribution >= 4 is 27.9 Å². The number of rotatable bonds is 1. The first-order valence-electron chi connectivity index (χ1n) is 7.71. The van der Waals surface area contributed by atoms with Gasteiger partial charge in [-0.15, -0.1) is 0 Å². The van der Waals surface area contributed by atoms with E-state index in [0.717, 1.165) is 22.0 Å². The van der Waals surface area contributed by atoms with Crippen LogP contribution in [-0.4, -0.2) is 10.5 Å². The Hall–Kier alpha value is -3.14. The summed E-state index contributed by atoms with van der Waals surface area (Å²) in [6, 6.07) is 16.8. The average Bonchev–Trinajstić information content (AvgIpc) is 2.89. The van der Waals surface area contributed by atoms with Gasteiger partial charge in [-0.3, -0.25) is 9.36 Å². The molecule has 2 heterocycles. The van der Waals surface area contributed by atoms with Crippen LogP contribution in [0.15, 0.2) is 63.8 Å². The van der Waals surface area contributed by atoms with E-state index in [0.29, 0.717) is 16.7 Å².